The van der Waals surface area contributed by atoms with Crippen LogP contribution in [0.5, 0.6) is 0 Å². The normalized spacial score (nSPS) is 16.0. The number of aliphatic carboxylic acids is 1. The van der Waals surface area contributed by atoms with Crippen LogP contribution < -0.4 is 5.32 Å². The van der Waals surface area contributed by atoms with Crippen LogP contribution in [0.25, 0.3) is 6.08 Å². The molecule has 0 atom stereocenters. The summed E-state index contributed by atoms with van der Waals surface area (Å²) >= 11 is 6.36. The maximum Gasteiger partial charge on any atom is 0.322 e. The number of thioether (sulfide) groups is 1. The summed E-state index contributed by atoms with van der Waals surface area (Å²) in [5.41, 5.74) is 0.896. The van der Waals surface area contributed by atoms with E-state index in [9.17, 15) is 14.4 Å². The highest BCUT2D eigenvalue weighted by molar-refractivity contribution is 8.26. The summed E-state index contributed by atoms with van der Waals surface area (Å²) in [5.74, 6) is -1.79. The lowest BCUT2D eigenvalue weighted by Crippen LogP contribution is -2.35. The summed E-state index contributed by atoms with van der Waals surface area (Å²) in [7, 11) is 0. The summed E-state index contributed by atoms with van der Waals surface area (Å²) in [6.45, 7) is -0.312. The van der Waals surface area contributed by atoms with Crippen molar-refractivity contribution in [3.05, 3.63) is 40.8 Å². The van der Waals surface area contributed by atoms with E-state index in [0.717, 1.165) is 5.56 Å². The average Bonchev–Trinajstić information content (AvgIpc) is 2.78. The van der Waals surface area contributed by atoms with Gasteiger partial charge < -0.3 is 10.4 Å². The maximum absolute atomic E-state index is 12.3. The van der Waals surface area contributed by atoms with E-state index < -0.39 is 18.4 Å². The van der Waals surface area contributed by atoms with E-state index in [4.69, 9.17) is 17.3 Å². The Morgan fingerprint density at radius 3 is 2.65 bits per heavy atom. The number of amides is 2. The molecule has 0 aliphatic carbocycles. The van der Waals surface area contributed by atoms with Gasteiger partial charge in [0, 0.05) is 13.0 Å². The molecule has 1 saturated heterocycles. The van der Waals surface area contributed by atoms with Crippen molar-refractivity contribution in [1.29, 1.82) is 0 Å². The molecule has 23 heavy (non-hydrogen) atoms. The van der Waals surface area contributed by atoms with E-state index in [1.165, 1.54) is 16.7 Å². The molecule has 1 aliphatic heterocycles. The van der Waals surface area contributed by atoms with Gasteiger partial charge in [-0.1, -0.05) is 54.3 Å². The molecular formula is C15H14N2O4S2. The minimum Gasteiger partial charge on any atom is -0.480 e. The number of carboxylic acids is 1. The molecule has 8 heteroatoms. The number of benzene rings is 1. The quantitative estimate of drug-likeness (QED) is 0.597. The number of nitrogens with one attached hydrogen (secondary N) is 1. The number of carbonyl (C=O) groups excluding carboxylic acids is 2. The zero-order valence-electron chi connectivity index (χ0n) is 12.0. The first-order chi connectivity index (χ1) is 11.0. The zero-order chi connectivity index (χ0) is 16.8. The Hall–Kier alpha value is -2.19. The van der Waals surface area contributed by atoms with Crippen LogP contribution in [0.3, 0.4) is 0 Å². The molecular weight excluding hydrogens is 336 g/mol. The van der Waals surface area contributed by atoms with Crippen LogP contribution in [0.1, 0.15) is 12.0 Å². The first kappa shape index (κ1) is 17.2. The second kappa shape index (κ2) is 7.89. The summed E-state index contributed by atoms with van der Waals surface area (Å²) in [6, 6.07) is 9.40. The van der Waals surface area contributed by atoms with Gasteiger partial charge in [-0.05, 0) is 11.6 Å². The van der Waals surface area contributed by atoms with Gasteiger partial charge in [0.1, 0.15) is 10.9 Å². The van der Waals surface area contributed by atoms with Crippen LogP contribution >= 0.6 is 24.0 Å². The zero-order valence-corrected chi connectivity index (χ0v) is 13.7. The number of rotatable bonds is 6. The molecule has 0 unspecified atom stereocenters. The van der Waals surface area contributed by atoms with Crippen molar-refractivity contribution in [1.82, 2.24) is 10.2 Å². The van der Waals surface area contributed by atoms with Crippen molar-refractivity contribution in [2.45, 2.75) is 6.42 Å². The monoisotopic (exact) mass is 350 g/mol. The molecule has 0 saturated carbocycles. The number of nitrogens with zero attached hydrogens (tertiary/aromatic N) is 1. The van der Waals surface area contributed by atoms with Gasteiger partial charge in [0.25, 0.3) is 5.91 Å². The van der Waals surface area contributed by atoms with Gasteiger partial charge in [-0.3, -0.25) is 19.3 Å². The van der Waals surface area contributed by atoms with Crippen molar-refractivity contribution >= 4 is 52.2 Å². The summed E-state index contributed by atoms with van der Waals surface area (Å²) in [6.07, 6.45) is 1.75. The summed E-state index contributed by atoms with van der Waals surface area (Å²) in [5, 5.41) is 10.7. The van der Waals surface area contributed by atoms with Crippen molar-refractivity contribution < 1.29 is 19.5 Å². The van der Waals surface area contributed by atoms with Gasteiger partial charge >= 0.3 is 5.97 Å². The highest BCUT2D eigenvalue weighted by atomic mass is 32.2. The minimum absolute atomic E-state index is 0.00165. The van der Waals surface area contributed by atoms with Crippen LogP contribution in [-0.4, -0.2) is 45.2 Å². The molecule has 1 aromatic carbocycles. The maximum atomic E-state index is 12.3. The van der Waals surface area contributed by atoms with E-state index in [-0.39, 0.29) is 18.9 Å². The fraction of sp³-hybridized carbons (Fsp3) is 0.200. The molecule has 2 rings (SSSR count). The van der Waals surface area contributed by atoms with Gasteiger partial charge in [0.2, 0.25) is 5.91 Å². The van der Waals surface area contributed by atoms with Gasteiger partial charge in [0.15, 0.2) is 0 Å². The smallest absolute Gasteiger partial charge is 0.322 e. The van der Waals surface area contributed by atoms with Gasteiger partial charge in [-0.25, -0.2) is 0 Å². The molecule has 0 bridgehead atoms. The standard InChI is InChI=1S/C15H14N2O4S2/c18-12(16-9-13(19)20)6-7-17-14(21)11(23-15(17)22)8-10-4-2-1-3-5-10/h1-5,8H,6-7,9H2,(H,16,18)(H,19,20)/b11-8+. The van der Waals surface area contributed by atoms with E-state index in [1.807, 2.05) is 30.3 Å². The molecule has 2 amide bonds. The predicted molar refractivity (Wildman–Crippen MR) is 91.6 cm³/mol. The van der Waals surface area contributed by atoms with E-state index in [0.29, 0.717) is 9.23 Å². The van der Waals surface area contributed by atoms with Crippen LogP contribution in [-0.2, 0) is 14.4 Å². The van der Waals surface area contributed by atoms with Crippen LogP contribution in [0.4, 0.5) is 0 Å². The number of carbonyl (C=O) groups is 3. The lowest BCUT2D eigenvalue weighted by Gasteiger charge is -2.13. The number of hydrogen-bond acceptors (Lipinski definition) is 5. The summed E-state index contributed by atoms with van der Waals surface area (Å²) in [4.78, 5) is 36.1. The highest BCUT2D eigenvalue weighted by Gasteiger charge is 2.31. The lowest BCUT2D eigenvalue weighted by atomic mass is 10.2. The van der Waals surface area contributed by atoms with Gasteiger partial charge in [0.05, 0.1) is 4.91 Å². The molecule has 1 aromatic rings. The predicted octanol–water partition coefficient (Wildman–Crippen LogP) is 1.48. The summed E-state index contributed by atoms with van der Waals surface area (Å²) < 4.78 is 0.392. The third-order valence-corrected chi connectivity index (χ3v) is 4.35. The van der Waals surface area contributed by atoms with E-state index in [1.54, 1.807) is 6.08 Å². The van der Waals surface area contributed by atoms with E-state index in [2.05, 4.69) is 5.32 Å². The molecule has 120 valence electrons. The van der Waals surface area contributed by atoms with E-state index >= 15 is 0 Å². The average molecular weight is 350 g/mol. The number of hydrogen-bond donors (Lipinski definition) is 2. The van der Waals surface area contributed by atoms with Crippen LogP contribution in [0, 0.1) is 0 Å². The molecule has 1 fully saturated rings. The molecule has 0 radical (unpaired) electrons. The Morgan fingerprint density at radius 2 is 2.00 bits per heavy atom. The van der Waals surface area contributed by atoms with Crippen LogP contribution in [0.15, 0.2) is 35.2 Å². The highest BCUT2D eigenvalue weighted by Crippen LogP contribution is 2.32. The lowest BCUT2D eigenvalue weighted by molar-refractivity contribution is -0.138. The van der Waals surface area contributed by atoms with Crippen molar-refractivity contribution in [2.75, 3.05) is 13.1 Å². The molecule has 1 heterocycles. The number of carboxylic acid groups (broad SMARTS) is 1. The third kappa shape index (κ3) is 4.90. The van der Waals surface area contributed by atoms with Gasteiger partial charge in [-0.15, -0.1) is 0 Å². The second-order valence-electron chi connectivity index (χ2n) is 4.66. The Balaban J connectivity index is 1.95. The largest absolute Gasteiger partial charge is 0.480 e. The van der Waals surface area contributed by atoms with Crippen LogP contribution in [0.2, 0.25) is 0 Å². The molecule has 2 N–H and O–H groups in total. The Bertz CT molecular complexity index is 673. The molecule has 6 nitrogen and oxygen atoms in total. The Morgan fingerprint density at radius 1 is 1.30 bits per heavy atom. The number of thiocarbonyl (C=S) groups is 1. The van der Waals surface area contributed by atoms with Gasteiger partial charge in [-0.2, -0.15) is 0 Å². The molecule has 0 aromatic heterocycles. The first-order valence-corrected chi connectivity index (χ1v) is 7.99. The molecule has 0 spiro atoms. The Labute approximate surface area is 142 Å². The third-order valence-electron chi connectivity index (χ3n) is 2.97. The Kier molecular flexibility index (Phi) is 5.89. The second-order valence-corrected chi connectivity index (χ2v) is 6.34. The van der Waals surface area contributed by atoms with Crippen molar-refractivity contribution in [3.63, 3.8) is 0 Å². The SMILES string of the molecule is O=C(O)CNC(=O)CCN1C(=O)/C(=C\c2ccccc2)SC1=S. The van der Waals surface area contributed by atoms with Crippen molar-refractivity contribution in [2.24, 2.45) is 0 Å². The fourth-order valence-corrected chi connectivity index (χ4v) is 3.18. The first-order valence-electron chi connectivity index (χ1n) is 6.76. The minimum atomic E-state index is -1.12. The topological polar surface area (TPSA) is 86.7 Å². The molecule has 1 aliphatic rings. The fourth-order valence-electron chi connectivity index (χ4n) is 1.87. The van der Waals surface area contributed by atoms with Crippen molar-refractivity contribution in [3.8, 4) is 0 Å².